The normalized spacial score (nSPS) is 24.1. The van der Waals surface area contributed by atoms with Crippen molar-refractivity contribution in [1.82, 2.24) is 4.98 Å². The summed E-state index contributed by atoms with van der Waals surface area (Å²) < 4.78 is 26.8. The molecule has 3 aromatic rings. The number of halogens is 1. The number of benzene rings is 2. The number of carboxylic acids is 1. The average molecular weight is 503 g/mol. The van der Waals surface area contributed by atoms with Gasteiger partial charge in [-0.05, 0) is 91.3 Å². The first-order valence-electron chi connectivity index (χ1n) is 13.0. The highest BCUT2D eigenvalue weighted by Gasteiger charge is 2.45. The van der Waals surface area contributed by atoms with Crippen molar-refractivity contribution in [2.45, 2.75) is 57.6 Å². The molecule has 3 aliphatic rings. The Labute approximate surface area is 215 Å². The van der Waals surface area contributed by atoms with E-state index in [9.17, 15) is 9.90 Å². The van der Waals surface area contributed by atoms with Gasteiger partial charge in [-0.15, -0.1) is 0 Å². The van der Waals surface area contributed by atoms with Crippen LogP contribution in [0.2, 0.25) is 0 Å². The molecule has 192 valence electrons. The van der Waals surface area contributed by atoms with E-state index in [0.717, 1.165) is 76.4 Å². The van der Waals surface area contributed by atoms with Gasteiger partial charge in [-0.1, -0.05) is 6.07 Å². The van der Waals surface area contributed by atoms with Gasteiger partial charge in [0.15, 0.2) is 0 Å². The molecular weight excluding hydrogens is 471 g/mol. The fourth-order valence-corrected chi connectivity index (χ4v) is 6.01. The number of nitrogens with one attached hydrogen (secondary N) is 1. The van der Waals surface area contributed by atoms with Gasteiger partial charge >= 0.3 is 5.97 Å². The van der Waals surface area contributed by atoms with Crippen molar-refractivity contribution in [3.05, 3.63) is 76.4 Å². The molecule has 6 rings (SSSR count). The molecule has 2 fully saturated rings. The summed E-state index contributed by atoms with van der Waals surface area (Å²) >= 11 is 0. The Bertz CT molecular complexity index is 1330. The Kier molecular flexibility index (Phi) is 6.11. The molecular formula is C30H31FN2O4. The second-order valence-corrected chi connectivity index (χ2v) is 10.5. The largest absolute Gasteiger partial charge is 0.488 e. The third kappa shape index (κ3) is 4.57. The third-order valence-electron chi connectivity index (χ3n) is 7.92. The molecule has 1 saturated carbocycles. The van der Waals surface area contributed by atoms with Crippen LogP contribution in [0, 0.1) is 25.6 Å². The van der Waals surface area contributed by atoms with E-state index < -0.39 is 5.97 Å². The maximum Gasteiger partial charge on any atom is 0.307 e. The van der Waals surface area contributed by atoms with E-state index in [4.69, 9.17) is 9.47 Å². The summed E-state index contributed by atoms with van der Waals surface area (Å²) in [5.41, 5.74) is 7.81. The van der Waals surface area contributed by atoms with E-state index in [2.05, 4.69) is 36.3 Å². The van der Waals surface area contributed by atoms with E-state index in [1.807, 2.05) is 18.2 Å². The van der Waals surface area contributed by atoms with Crippen LogP contribution in [0.5, 0.6) is 5.75 Å². The summed E-state index contributed by atoms with van der Waals surface area (Å²) in [4.78, 5) is 15.7. The van der Waals surface area contributed by atoms with Crippen LogP contribution in [0.15, 0.2) is 42.6 Å². The van der Waals surface area contributed by atoms with Crippen LogP contribution in [0.25, 0.3) is 11.1 Å². The molecule has 7 heteroatoms. The van der Waals surface area contributed by atoms with Gasteiger partial charge in [-0.25, -0.2) is 4.39 Å². The number of anilines is 1. The lowest BCUT2D eigenvalue weighted by Gasteiger charge is -2.20. The number of aryl methyl sites for hydroxylation is 2. The first kappa shape index (κ1) is 23.9. The van der Waals surface area contributed by atoms with Crippen molar-refractivity contribution >= 4 is 11.7 Å². The van der Waals surface area contributed by atoms with Gasteiger partial charge in [-0.3, -0.25) is 9.78 Å². The lowest BCUT2D eigenvalue weighted by Crippen LogP contribution is -2.15. The second kappa shape index (κ2) is 9.45. The first-order valence-corrected chi connectivity index (χ1v) is 13.0. The van der Waals surface area contributed by atoms with Gasteiger partial charge < -0.3 is 19.9 Å². The third-order valence-corrected chi connectivity index (χ3v) is 7.92. The Morgan fingerprint density at radius 1 is 1.16 bits per heavy atom. The number of ether oxygens (including phenoxy) is 2. The zero-order chi connectivity index (χ0) is 25.7. The van der Waals surface area contributed by atoms with Gasteiger partial charge in [-0.2, -0.15) is 0 Å². The highest BCUT2D eigenvalue weighted by molar-refractivity contribution is 5.77. The number of nitrogens with zero attached hydrogens (tertiary/aromatic N) is 1. The van der Waals surface area contributed by atoms with Crippen molar-refractivity contribution in [2.75, 3.05) is 18.5 Å². The minimum Gasteiger partial charge on any atom is -0.488 e. The number of fused-ring (bicyclic) bond motifs is 1. The first-order chi connectivity index (χ1) is 17.9. The number of aliphatic carboxylic acids is 1. The number of aromatic nitrogens is 1. The monoisotopic (exact) mass is 502 g/mol. The molecule has 4 atom stereocenters. The van der Waals surface area contributed by atoms with Crippen molar-refractivity contribution in [1.29, 1.82) is 0 Å². The van der Waals surface area contributed by atoms with Gasteiger partial charge in [0.2, 0.25) is 0 Å². The zero-order valence-electron chi connectivity index (χ0n) is 21.1. The Morgan fingerprint density at radius 2 is 1.97 bits per heavy atom. The number of rotatable bonds is 7. The van der Waals surface area contributed by atoms with Gasteiger partial charge in [0.1, 0.15) is 17.7 Å². The van der Waals surface area contributed by atoms with E-state index >= 15 is 4.39 Å². The molecule has 0 radical (unpaired) electrons. The molecule has 1 aromatic heterocycles. The molecule has 1 aliphatic heterocycles. The van der Waals surface area contributed by atoms with Gasteiger partial charge in [0, 0.05) is 23.6 Å². The Hall–Kier alpha value is -3.45. The van der Waals surface area contributed by atoms with E-state index in [-0.39, 0.29) is 29.8 Å². The molecule has 2 N–H and O–H groups in total. The Balaban J connectivity index is 1.24. The lowest BCUT2D eigenvalue weighted by atomic mass is 9.90. The minimum absolute atomic E-state index is 0.00600. The van der Waals surface area contributed by atoms with Crippen LogP contribution in [0.4, 0.5) is 10.1 Å². The molecule has 37 heavy (non-hydrogen) atoms. The van der Waals surface area contributed by atoms with Crippen LogP contribution in [-0.4, -0.2) is 35.4 Å². The molecule has 0 spiro atoms. The molecule has 0 unspecified atom stereocenters. The standard InChI is InChI=1S/C30H31FN2O4/c1-16-11-20(37-19-9-10-36-15-19)12-17(2)28(16)21-4-6-25(31)29-22(21)5-8-27(29)33-18-3-7-26(32-14-18)23-13-24(23)30(34)35/h3-4,6-7,11-12,14,19,23-24,27,33H,5,8-10,13,15H2,1-2H3,(H,34,35)/t19-,23+,24+,27-/m1/s1. The van der Waals surface area contributed by atoms with Crippen LogP contribution in [-0.2, 0) is 16.0 Å². The maximum atomic E-state index is 15.2. The lowest BCUT2D eigenvalue weighted by molar-refractivity contribution is -0.138. The Morgan fingerprint density at radius 3 is 2.62 bits per heavy atom. The van der Waals surface area contributed by atoms with Gasteiger partial charge in [0.25, 0.3) is 0 Å². The average Bonchev–Trinajstić information content (AvgIpc) is 3.30. The molecule has 2 aliphatic carbocycles. The highest BCUT2D eigenvalue weighted by atomic mass is 19.1. The van der Waals surface area contributed by atoms with Crippen molar-refractivity contribution in [3.63, 3.8) is 0 Å². The summed E-state index contributed by atoms with van der Waals surface area (Å²) in [5, 5.41) is 12.6. The number of hydrogen-bond acceptors (Lipinski definition) is 5. The quantitative estimate of drug-likeness (QED) is 0.415. The van der Waals surface area contributed by atoms with Crippen LogP contribution < -0.4 is 10.1 Å². The number of hydrogen-bond donors (Lipinski definition) is 2. The predicted molar refractivity (Wildman–Crippen MR) is 139 cm³/mol. The topological polar surface area (TPSA) is 80.7 Å². The SMILES string of the molecule is Cc1cc(O[C@@H]2CCOC2)cc(C)c1-c1ccc(F)c2c1CC[C@H]2Nc1ccc([C@H]2C[C@@H]2C(=O)O)nc1. The van der Waals surface area contributed by atoms with Gasteiger partial charge in [0.05, 0.1) is 37.1 Å². The van der Waals surface area contributed by atoms with Crippen LogP contribution in [0.3, 0.4) is 0 Å². The second-order valence-electron chi connectivity index (χ2n) is 10.5. The summed E-state index contributed by atoms with van der Waals surface area (Å²) in [6, 6.07) is 11.3. The number of carboxylic acid groups (broad SMARTS) is 1. The van der Waals surface area contributed by atoms with E-state index in [1.165, 1.54) is 0 Å². The van der Waals surface area contributed by atoms with Crippen LogP contribution in [0.1, 0.15) is 59.2 Å². The minimum atomic E-state index is -0.765. The number of carbonyl (C=O) groups is 1. The van der Waals surface area contributed by atoms with Crippen molar-refractivity contribution < 1.29 is 23.8 Å². The summed E-state index contributed by atoms with van der Waals surface area (Å²) in [7, 11) is 0. The fraction of sp³-hybridized carbons (Fsp3) is 0.400. The molecule has 1 saturated heterocycles. The van der Waals surface area contributed by atoms with E-state index in [1.54, 1.807) is 12.3 Å². The number of pyridine rings is 1. The van der Waals surface area contributed by atoms with Crippen LogP contribution >= 0.6 is 0 Å². The summed E-state index contributed by atoms with van der Waals surface area (Å²) in [6.45, 7) is 5.54. The van der Waals surface area contributed by atoms with Crippen molar-refractivity contribution in [2.24, 2.45) is 5.92 Å². The van der Waals surface area contributed by atoms with E-state index in [0.29, 0.717) is 13.0 Å². The zero-order valence-corrected chi connectivity index (χ0v) is 21.1. The molecule has 0 bridgehead atoms. The molecule has 2 aromatic carbocycles. The smallest absolute Gasteiger partial charge is 0.307 e. The van der Waals surface area contributed by atoms with Crippen molar-refractivity contribution in [3.8, 4) is 16.9 Å². The maximum absolute atomic E-state index is 15.2. The molecule has 2 heterocycles. The summed E-state index contributed by atoms with van der Waals surface area (Å²) in [6.07, 6.45) is 4.94. The molecule has 6 nitrogen and oxygen atoms in total. The molecule has 0 amide bonds. The fourth-order valence-electron chi connectivity index (χ4n) is 6.01. The predicted octanol–water partition coefficient (Wildman–Crippen LogP) is 5.96. The highest BCUT2D eigenvalue weighted by Crippen LogP contribution is 2.47. The summed E-state index contributed by atoms with van der Waals surface area (Å²) in [5.74, 6) is -0.446.